The summed E-state index contributed by atoms with van der Waals surface area (Å²) in [7, 11) is 1.46. The number of rotatable bonds is 3. The van der Waals surface area contributed by atoms with Gasteiger partial charge in [0.15, 0.2) is 0 Å². The molecule has 0 saturated carbocycles. The Labute approximate surface area is 132 Å². The zero-order chi connectivity index (χ0) is 17.4. The van der Waals surface area contributed by atoms with Gasteiger partial charge in [-0.15, -0.1) is 0 Å². The van der Waals surface area contributed by atoms with Crippen molar-refractivity contribution in [2.45, 2.75) is 18.0 Å². The number of nitro groups is 1. The number of aromatic nitrogens is 2. The Balaban J connectivity index is 2.26. The summed E-state index contributed by atoms with van der Waals surface area (Å²) in [6.45, 7) is 1.45. The van der Waals surface area contributed by atoms with Crippen molar-refractivity contribution in [1.29, 1.82) is 0 Å². The second-order valence-electron chi connectivity index (χ2n) is 4.57. The molecule has 122 valence electrons. The maximum absolute atomic E-state index is 12.5. The van der Waals surface area contributed by atoms with Gasteiger partial charge in [-0.3, -0.25) is 19.6 Å². The summed E-state index contributed by atoms with van der Waals surface area (Å²) in [6.07, 6.45) is -4.47. The van der Waals surface area contributed by atoms with Crippen LogP contribution in [-0.2, 0) is 13.2 Å². The predicted octanol–water partition coefficient (Wildman–Crippen LogP) is 3.59. The maximum Gasteiger partial charge on any atom is 0.416 e. The van der Waals surface area contributed by atoms with Crippen molar-refractivity contribution in [2.75, 3.05) is 0 Å². The molecule has 0 spiro atoms. The molecule has 0 fully saturated rings. The number of halogens is 3. The third-order valence-electron chi connectivity index (χ3n) is 3.07. The number of aryl methyl sites for hydroxylation is 1. The van der Waals surface area contributed by atoms with E-state index in [-0.39, 0.29) is 16.3 Å². The molecule has 0 unspecified atom stereocenters. The first kappa shape index (κ1) is 17.0. The lowest BCUT2D eigenvalue weighted by Gasteiger charge is -2.06. The first-order valence-electron chi connectivity index (χ1n) is 6.18. The van der Waals surface area contributed by atoms with Gasteiger partial charge in [-0.25, -0.2) is 0 Å². The van der Waals surface area contributed by atoms with Gasteiger partial charge in [0.05, 0.1) is 10.5 Å². The molecule has 0 aliphatic rings. The van der Waals surface area contributed by atoms with Gasteiger partial charge in [-0.05, 0) is 43.0 Å². The largest absolute Gasteiger partial charge is 0.416 e. The molecule has 2 aromatic rings. The van der Waals surface area contributed by atoms with Crippen LogP contribution in [0.1, 0.15) is 21.7 Å². The fourth-order valence-electron chi connectivity index (χ4n) is 1.82. The van der Waals surface area contributed by atoms with Crippen molar-refractivity contribution in [3.63, 3.8) is 0 Å². The van der Waals surface area contributed by atoms with Crippen LogP contribution in [0, 0.1) is 17.0 Å². The van der Waals surface area contributed by atoms with Crippen LogP contribution in [0.2, 0.25) is 0 Å². The van der Waals surface area contributed by atoms with Crippen molar-refractivity contribution in [3.05, 3.63) is 51.3 Å². The molecule has 23 heavy (non-hydrogen) atoms. The van der Waals surface area contributed by atoms with E-state index < -0.39 is 27.5 Å². The van der Waals surface area contributed by atoms with Crippen molar-refractivity contribution in [1.82, 2.24) is 9.78 Å². The Morgan fingerprint density at radius 1 is 1.30 bits per heavy atom. The van der Waals surface area contributed by atoms with E-state index in [2.05, 4.69) is 5.10 Å². The minimum atomic E-state index is -4.47. The Morgan fingerprint density at radius 3 is 2.35 bits per heavy atom. The number of hydrogen-bond acceptors (Lipinski definition) is 5. The van der Waals surface area contributed by atoms with Gasteiger partial charge >= 0.3 is 11.9 Å². The normalized spacial score (nSPS) is 11.5. The molecule has 2 rings (SSSR count). The minimum absolute atomic E-state index is 0.214. The van der Waals surface area contributed by atoms with E-state index in [1.165, 1.54) is 18.7 Å². The number of benzene rings is 1. The summed E-state index contributed by atoms with van der Waals surface area (Å²) < 4.78 is 38.6. The highest BCUT2D eigenvalue weighted by atomic mass is 32.2. The first-order chi connectivity index (χ1) is 10.6. The van der Waals surface area contributed by atoms with E-state index in [0.29, 0.717) is 11.8 Å². The monoisotopic (exact) mass is 345 g/mol. The van der Waals surface area contributed by atoms with Gasteiger partial charge < -0.3 is 0 Å². The lowest BCUT2D eigenvalue weighted by atomic mass is 10.2. The molecule has 1 aromatic carbocycles. The van der Waals surface area contributed by atoms with Gasteiger partial charge in [0, 0.05) is 11.9 Å². The van der Waals surface area contributed by atoms with Crippen LogP contribution in [0.5, 0.6) is 0 Å². The van der Waals surface area contributed by atoms with Crippen LogP contribution < -0.4 is 0 Å². The minimum Gasteiger partial charge on any atom is -0.279 e. The Kier molecular flexibility index (Phi) is 4.46. The van der Waals surface area contributed by atoms with Crippen LogP contribution in [0.3, 0.4) is 0 Å². The fraction of sp³-hybridized carbons (Fsp3) is 0.231. The second kappa shape index (κ2) is 6.03. The van der Waals surface area contributed by atoms with E-state index in [1.807, 2.05) is 0 Å². The van der Waals surface area contributed by atoms with Crippen molar-refractivity contribution < 1.29 is 22.9 Å². The van der Waals surface area contributed by atoms with E-state index in [0.717, 1.165) is 24.3 Å². The molecule has 10 heteroatoms. The maximum atomic E-state index is 12.5. The summed E-state index contributed by atoms with van der Waals surface area (Å²) >= 11 is 0.583. The van der Waals surface area contributed by atoms with E-state index in [9.17, 15) is 28.1 Å². The van der Waals surface area contributed by atoms with Crippen molar-refractivity contribution in [2.24, 2.45) is 7.05 Å². The van der Waals surface area contributed by atoms with Gasteiger partial charge in [0.2, 0.25) is 5.69 Å². The molecule has 0 saturated heterocycles. The average molecular weight is 345 g/mol. The second-order valence-corrected chi connectivity index (χ2v) is 5.62. The molecule has 0 bridgehead atoms. The molecular weight excluding hydrogens is 335 g/mol. The standard InChI is InChI=1S/C13H10F3N3O3S/c1-7-11(19(21)22)10(17-18(7)2)12(20)23-9-5-3-8(4-6-9)13(14,15)16/h3-6H,1-2H3. The van der Waals surface area contributed by atoms with Crippen molar-refractivity contribution in [3.8, 4) is 0 Å². The lowest BCUT2D eigenvalue weighted by molar-refractivity contribution is -0.385. The summed E-state index contributed by atoms with van der Waals surface area (Å²) in [4.78, 5) is 22.7. The van der Waals surface area contributed by atoms with Gasteiger partial charge in [-0.2, -0.15) is 18.3 Å². The van der Waals surface area contributed by atoms with Gasteiger partial charge in [0.1, 0.15) is 5.69 Å². The number of nitrogens with zero attached hydrogens (tertiary/aromatic N) is 3. The fourth-order valence-corrected chi connectivity index (χ4v) is 2.54. The zero-order valence-electron chi connectivity index (χ0n) is 11.9. The van der Waals surface area contributed by atoms with Gasteiger partial charge in [0.25, 0.3) is 5.12 Å². The summed E-state index contributed by atoms with van der Waals surface area (Å²) in [5.74, 6) is 0. The Bertz CT molecular complexity index is 769. The number of carbonyl (C=O) groups is 1. The summed E-state index contributed by atoms with van der Waals surface area (Å²) in [5.41, 5.74) is -1.36. The molecule has 0 amide bonds. The molecule has 0 aliphatic carbocycles. The van der Waals surface area contributed by atoms with Crippen molar-refractivity contribution >= 4 is 22.6 Å². The lowest BCUT2D eigenvalue weighted by Crippen LogP contribution is -2.04. The Hall–Kier alpha value is -2.36. The third-order valence-corrected chi connectivity index (χ3v) is 3.96. The average Bonchev–Trinajstić information content (AvgIpc) is 2.74. The van der Waals surface area contributed by atoms with Gasteiger partial charge in [-0.1, -0.05) is 0 Å². The van der Waals surface area contributed by atoms with E-state index in [4.69, 9.17) is 0 Å². The van der Waals surface area contributed by atoms with Crippen LogP contribution >= 0.6 is 11.8 Å². The van der Waals surface area contributed by atoms with E-state index in [1.54, 1.807) is 0 Å². The number of carbonyl (C=O) groups excluding carboxylic acids is 1. The molecule has 0 N–H and O–H groups in total. The molecule has 6 nitrogen and oxygen atoms in total. The number of thioether (sulfide) groups is 1. The first-order valence-corrected chi connectivity index (χ1v) is 7.00. The third kappa shape index (κ3) is 3.52. The summed E-state index contributed by atoms with van der Waals surface area (Å²) in [5, 5.41) is 14.1. The highest BCUT2D eigenvalue weighted by molar-refractivity contribution is 8.14. The zero-order valence-corrected chi connectivity index (χ0v) is 12.7. The predicted molar refractivity (Wildman–Crippen MR) is 76.2 cm³/mol. The van der Waals surface area contributed by atoms with Crippen LogP contribution in [0.15, 0.2) is 29.2 Å². The quantitative estimate of drug-likeness (QED) is 0.483. The molecule has 1 heterocycles. The molecule has 0 atom stereocenters. The smallest absolute Gasteiger partial charge is 0.279 e. The molecule has 1 aromatic heterocycles. The topological polar surface area (TPSA) is 78.0 Å². The Morgan fingerprint density at radius 2 is 1.87 bits per heavy atom. The molecule has 0 radical (unpaired) electrons. The highest BCUT2D eigenvalue weighted by Gasteiger charge is 2.31. The SMILES string of the molecule is Cc1c([N+](=O)[O-])c(C(=O)Sc2ccc(C(F)(F)F)cc2)nn1C. The van der Waals surface area contributed by atoms with Crippen LogP contribution in [0.4, 0.5) is 18.9 Å². The highest BCUT2D eigenvalue weighted by Crippen LogP contribution is 2.33. The van der Waals surface area contributed by atoms with Crippen LogP contribution in [0.25, 0.3) is 0 Å². The number of alkyl halides is 3. The molecular formula is C13H10F3N3O3S. The van der Waals surface area contributed by atoms with E-state index >= 15 is 0 Å². The molecule has 0 aliphatic heterocycles. The van der Waals surface area contributed by atoms with Crippen LogP contribution in [-0.4, -0.2) is 19.8 Å². The number of hydrogen-bond donors (Lipinski definition) is 0. The summed E-state index contributed by atoms with van der Waals surface area (Å²) in [6, 6.07) is 3.95.